The molecule has 2 heterocycles. The number of nitrogens with zero attached hydrogens (tertiary/aromatic N) is 2. The summed E-state index contributed by atoms with van der Waals surface area (Å²) in [6.45, 7) is 8.31. The minimum Gasteiger partial charge on any atom is -0.474 e. The number of hydrogen-bond donors (Lipinski definition) is 3. The Morgan fingerprint density at radius 3 is 2.69 bits per heavy atom. The Bertz CT molecular complexity index is 933. The van der Waals surface area contributed by atoms with E-state index in [1.165, 1.54) is 0 Å². The summed E-state index contributed by atoms with van der Waals surface area (Å²) in [6, 6.07) is 9.27. The molecule has 0 bridgehead atoms. The van der Waals surface area contributed by atoms with Gasteiger partial charge >= 0.3 is 0 Å². The minimum atomic E-state index is -0.102. The summed E-state index contributed by atoms with van der Waals surface area (Å²) >= 11 is 0. The van der Waals surface area contributed by atoms with Crippen LogP contribution in [-0.4, -0.2) is 33.7 Å². The molecule has 1 amide bonds. The second-order valence-electron chi connectivity index (χ2n) is 6.34. The van der Waals surface area contributed by atoms with Gasteiger partial charge in [-0.05, 0) is 57.3 Å². The van der Waals surface area contributed by atoms with E-state index in [2.05, 4.69) is 25.8 Å². The van der Waals surface area contributed by atoms with E-state index in [1.54, 1.807) is 6.07 Å². The van der Waals surface area contributed by atoms with Crippen LogP contribution < -0.4 is 15.4 Å². The fourth-order valence-corrected chi connectivity index (χ4v) is 2.62. The molecule has 2 aromatic heterocycles. The highest BCUT2D eigenvalue weighted by atomic mass is 16.5. The molecule has 0 atom stereocenters. The number of anilines is 2. The number of rotatable bonds is 6. The van der Waals surface area contributed by atoms with Crippen LogP contribution in [0.2, 0.25) is 0 Å². The molecule has 3 N–H and O–H groups in total. The molecule has 0 aliphatic heterocycles. The quantitative estimate of drug-likeness (QED) is 0.630. The Morgan fingerprint density at radius 1 is 1.23 bits per heavy atom. The Morgan fingerprint density at radius 2 is 2.04 bits per heavy atom. The first-order valence-electron chi connectivity index (χ1n) is 8.65. The van der Waals surface area contributed by atoms with Crippen molar-refractivity contribution >= 4 is 28.3 Å². The minimum absolute atomic E-state index is 0.0170. The lowest BCUT2D eigenvalue weighted by Crippen LogP contribution is -2.22. The number of amides is 1. The zero-order valence-corrected chi connectivity index (χ0v) is 15.4. The average Bonchev–Trinajstić information content (AvgIpc) is 2.99. The number of pyridine rings is 1. The number of nitrogens with one attached hydrogen (secondary N) is 3. The predicted octanol–water partition coefficient (Wildman–Crippen LogP) is 3.55. The van der Waals surface area contributed by atoms with Crippen LogP contribution >= 0.6 is 0 Å². The highest BCUT2D eigenvalue weighted by Crippen LogP contribution is 2.29. The molecule has 7 heteroatoms. The van der Waals surface area contributed by atoms with Gasteiger partial charge in [0.2, 0.25) is 5.88 Å². The topological polar surface area (TPSA) is 91.9 Å². The largest absolute Gasteiger partial charge is 0.474 e. The van der Waals surface area contributed by atoms with Gasteiger partial charge < -0.3 is 15.4 Å². The van der Waals surface area contributed by atoms with Crippen molar-refractivity contribution in [3.8, 4) is 5.88 Å². The molecule has 136 valence electrons. The van der Waals surface area contributed by atoms with Crippen LogP contribution in [0.4, 0.5) is 11.6 Å². The van der Waals surface area contributed by atoms with Gasteiger partial charge in [-0.15, -0.1) is 0 Å². The zero-order chi connectivity index (χ0) is 18.7. The number of aromatic amines is 1. The normalized spacial score (nSPS) is 11.0. The van der Waals surface area contributed by atoms with Crippen molar-refractivity contribution in [2.24, 2.45) is 0 Å². The van der Waals surface area contributed by atoms with Crippen LogP contribution in [0.25, 0.3) is 10.8 Å². The van der Waals surface area contributed by atoms with Gasteiger partial charge in [0.05, 0.1) is 6.10 Å². The summed E-state index contributed by atoms with van der Waals surface area (Å²) < 4.78 is 5.88. The Balaban J connectivity index is 2.05. The zero-order valence-electron chi connectivity index (χ0n) is 15.4. The van der Waals surface area contributed by atoms with Crippen LogP contribution in [0.5, 0.6) is 5.88 Å². The maximum Gasteiger partial charge on any atom is 0.251 e. The molecule has 0 saturated carbocycles. The first-order chi connectivity index (χ1) is 12.5. The Hall–Kier alpha value is -3.09. The van der Waals surface area contributed by atoms with Crippen molar-refractivity contribution in [2.75, 3.05) is 11.9 Å². The third-order valence-corrected chi connectivity index (χ3v) is 3.71. The predicted molar refractivity (Wildman–Crippen MR) is 102 cm³/mol. The molecule has 0 aliphatic carbocycles. The fourth-order valence-electron chi connectivity index (χ4n) is 2.62. The van der Waals surface area contributed by atoms with Crippen molar-refractivity contribution in [3.63, 3.8) is 0 Å². The lowest BCUT2D eigenvalue weighted by Gasteiger charge is -2.14. The van der Waals surface area contributed by atoms with Crippen LogP contribution in [-0.2, 0) is 0 Å². The fraction of sp³-hybridized carbons (Fsp3) is 0.316. The maximum absolute atomic E-state index is 12.1. The van der Waals surface area contributed by atoms with Crippen LogP contribution in [0.3, 0.4) is 0 Å². The molecule has 0 saturated heterocycles. The van der Waals surface area contributed by atoms with Gasteiger partial charge in [-0.1, -0.05) is 0 Å². The number of ether oxygens (including phenoxy) is 1. The number of carbonyl (C=O) groups is 1. The smallest absolute Gasteiger partial charge is 0.251 e. The highest BCUT2D eigenvalue weighted by Gasteiger charge is 2.13. The molecule has 0 radical (unpaired) electrons. The lowest BCUT2D eigenvalue weighted by atomic mass is 10.1. The molecular formula is C19H23N5O2. The highest BCUT2D eigenvalue weighted by molar-refractivity contribution is 6.00. The number of aryl methyl sites for hydroxylation is 1. The van der Waals surface area contributed by atoms with Gasteiger partial charge in [0.15, 0.2) is 5.82 Å². The third kappa shape index (κ3) is 3.93. The second-order valence-corrected chi connectivity index (χ2v) is 6.34. The summed E-state index contributed by atoms with van der Waals surface area (Å²) in [7, 11) is 0. The van der Waals surface area contributed by atoms with E-state index in [0.29, 0.717) is 29.6 Å². The molecule has 0 unspecified atom stereocenters. The lowest BCUT2D eigenvalue weighted by molar-refractivity contribution is 0.0956. The Labute approximate surface area is 152 Å². The van der Waals surface area contributed by atoms with E-state index < -0.39 is 0 Å². The molecule has 3 aromatic rings. The molecule has 0 fully saturated rings. The number of fused-ring (bicyclic) bond motifs is 1. The van der Waals surface area contributed by atoms with Crippen LogP contribution in [0.15, 0.2) is 30.3 Å². The van der Waals surface area contributed by atoms with Crippen molar-refractivity contribution in [1.82, 2.24) is 20.5 Å². The number of hydrogen-bond acceptors (Lipinski definition) is 5. The number of benzene rings is 1. The standard InChI is InChI=1S/C19H23N5O2/c1-5-20-18(25)13-6-7-15-14(9-13)10-16(22-19(15)26-11(2)3)21-17-8-12(4)23-24-17/h6-11H,5H2,1-4H3,(H,20,25)(H2,21,22,23,24). The molecule has 0 spiro atoms. The van der Waals surface area contributed by atoms with Crippen molar-refractivity contribution in [2.45, 2.75) is 33.8 Å². The molecule has 3 rings (SSSR count). The van der Waals surface area contributed by atoms with E-state index in [1.807, 2.05) is 52.0 Å². The van der Waals surface area contributed by atoms with Gasteiger partial charge in [0.25, 0.3) is 5.91 Å². The van der Waals surface area contributed by atoms with E-state index in [-0.39, 0.29) is 12.0 Å². The number of aromatic nitrogens is 3. The van der Waals surface area contributed by atoms with Crippen LogP contribution in [0, 0.1) is 6.92 Å². The molecule has 7 nitrogen and oxygen atoms in total. The number of H-pyrrole nitrogens is 1. The van der Waals surface area contributed by atoms with Gasteiger partial charge in [0, 0.05) is 29.3 Å². The summed E-state index contributed by atoms with van der Waals surface area (Å²) in [6.07, 6.45) is -0.0170. The molecular weight excluding hydrogens is 330 g/mol. The first-order valence-corrected chi connectivity index (χ1v) is 8.65. The molecule has 1 aromatic carbocycles. The van der Waals surface area contributed by atoms with E-state index in [4.69, 9.17) is 4.74 Å². The van der Waals surface area contributed by atoms with Crippen molar-refractivity contribution in [1.29, 1.82) is 0 Å². The van der Waals surface area contributed by atoms with E-state index >= 15 is 0 Å². The van der Waals surface area contributed by atoms with Gasteiger partial charge in [-0.3, -0.25) is 9.89 Å². The number of carbonyl (C=O) groups excluding carboxylic acids is 1. The summed E-state index contributed by atoms with van der Waals surface area (Å²) in [5.74, 6) is 1.70. The third-order valence-electron chi connectivity index (χ3n) is 3.71. The monoisotopic (exact) mass is 353 g/mol. The summed E-state index contributed by atoms with van der Waals surface area (Å²) in [5.41, 5.74) is 1.55. The first kappa shape index (κ1) is 17.7. The van der Waals surface area contributed by atoms with Crippen LogP contribution in [0.1, 0.15) is 36.8 Å². The average molecular weight is 353 g/mol. The van der Waals surface area contributed by atoms with Gasteiger partial charge in [-0.2, -0.15) is 10.1 Å². The molecule has 0 aliphatic rings. The van der Waals surface area contributed by atoms with E-state index in [0.717, 1.165) is 16.5 Å². The van der Waals surface area contributed by atoms with Crippen molar-refractivity contribution < 1.29 is 9.53 Å². The van der Waals surface area contributed by atoms with Crippen molar-refractivity contribution in [3.05, 3.63) is 41.6 Å². The maximum atomic E-state index is 12.1. The Kier molecular flexibility index (Phi) is 5.06. The molecule has 26 heavy (non-hydrogen) atoms. The summed E-state index contributed by atoms with van der Waals surface area (Å²) in [4.78, 5) is 16.7. The second kappa shape index (κ2) is 7.43. The SMILES string of the molecule is CCNC(=O)c1ccc2c(OC(C)C)nc(Nc3cc(C)[nH]n3)cc2c1. The van der Waals surface area contributed by atoms with Gasteiger partial charge in [-0.25, -0.2) is 0 Å². The van der Waals surface area contributed by atoms with Gasteiger partial charge in [0.1, 0.15) is 5.82 Å². The summed E-state index contributed by atoms with van der Waals surface area (Å²) in [5, 5.41) is 14.8. The van der Waals surface area contributed by atoms with E-state index in [9.17, 15) is 4.79 Å².